The quantitative estimate of drug-likeness (QED) is 0.394. The van der Waals surface area contributed by atoms with Crippen molar-refractivity contribution in [3.8, 4) is 5.75 Å². The van der Waals surface area contributed by atoms with Crippen LogP contribution in [-0.4, -0.2) is 43.5 Å². The topological polar surface area (TPSA) is 108 Å². The van der Waals surface area contributed by atoms with E-state index in [-0.39, 0.29) is 24.1 Å². The van der Waals surface area contributed by atoms with Gasteiger partial charge in [0.05, 0.1) is 13.2 Å². The van der Waals surface area contributed by atoms with Crippen LogP contribution in [0.1, 0.15) is 24.4 Å². The molecule has 3 rings (SSSR count). The number of nitrogens with zero attached hydrogens (tertiary/aromatic N) is 4. The first-order valence-corrected chi connectivity index (χ1v) is 9.51. The molecule has 2 aromatic heterocycles. The first kappa shape index (κ1) is 23.7. The number of quaternary nitrogens is 1. The average molecular weight is 438 g/mol. The third-order valence-electron chi connectivity index (χ3n) is 5.30. The summed E-state index contributed by atoms with van der Waals surface area (Å²) in [7, 11) is 6.33. The molecule has 0 bridgehead atoms. The molecule has 3 N–H and O–H groups in total. The highest BCUT2D eigenvalue weighted by molar-refractivity contribution is 5.71. The van der Waals surface area contributed by atoms with Crippen molar-refractivity contribution >= 4 is 11.2 Å². The molecule has 2 atom stereocenters. The summed E-state index contributed by atoms with van der Waals surface area (Å²) in [5.41, 5.74) is 0.806. The predicted octanol–water partition coefficient (Wildman–Crippen LogP) is -3.79. The van der Waals surface area contributed by atoms with Gasteiger partial charge in [0, 0.05) is 27.6 Å². The van der Waals surface area contributed by atoms with Crippen LogP contribution in [0.25, 0.3) is 11.2 Å². The van der Waals surface area contributed by atoms with Crippen LogP contribution in [0.4, 0.5) is 0 Å². The van der Waals surface area contributed by atoms with Crippen LogP contribution >= 0.6 is 0 Å². The molecule has 0 amide bonds. The van der Waals surface area contributed by atoms with Crippen LogP contribution in [0.5, 0.6) is 5.75 Å². The van der Waals surface area contributed by atoms with Gasteiger partial charge in [0.25, 0.3) is 5.56 Å². The summed E-state index contributed by atoms with van der Waals surface area (Å²) in [5.74, 6) is 1.21. The maximum atomic E-state index is 12.5. The second kappa shape index (κ2) is 9.46. The van der Waals surface area contributed by atoms with E-state index in [1.807, 2.05) is 29.6 Å². The van der Waals surface area contributed by atoms with Gasteiger partial charge in [0.2, 0.25) is 0 Å². The van der Waals surface area contributed by atoms with Crippen molar-refractivity contribution in [2.24, 2.45) is 21.1 Å². The lowest BCUT2D eigenvalue weighted by Gasteiger charge is -2.15. The molecule has 2 unspecified atom stereocenters. The molecule has 9 nitrogen and oxygen atoms in total. The number of methoxy groups -OCH3 is 1. The summed E-state index contributed by atoms with van der Waals surface area (Å²) >= 11 is 0. The first-order chi connectivity index (χ1) is 13.8. The number of aliphatic hydroxyl groups excluding tert-OH is 1. The number of benzene rings is 1. The Hall–Kier alpha value is -2.62. The van der Waals surface area contributed by atoms with Gasteiger partial charge in [-0.25, -0.2) is 9.78 Å². The molecule has 0 aliphatic heterocycles. The molecule has 0 spiro atoms. The molecule has 0 saturated carbocycles. The second-order valence-electron chi connectivity index (χ2n) is 7.39. The van der Waals surface area contributed by atoms with Crippen LogP contribution in [0.15, 0.2) is 33.9 Å². The van der Waals surface area contributed by atoms with E-state index in [0.717, 1.165) is 22.3 Å². The highest BCUT2D eigenvalue weighted by atomic mass is 35.5. The van der Waals surface area contributed by atoms with E-state index in [4.69, 9.17) is 4.74 Å². The molecule has 3 aromatic rings. The van der Waals surface area contributed by atoms with E-state index in [9.17, 15) is 14.7 Å². The van der Waals surface area contributed by atoms with E-state index >= 15 is 0 Å². The average Bonchev–Trinajstić information content (AvgIpc) is 3.06. The Labute approximate surface area is 180 Å². The first-order valence-electron chi connectivity index (χ1n) is 9.51. The van der Waals surface area contributed by atoms with Crippen LogP contribution in [0, 0.1) is 0 Å². The number of aromatic nitrogens is 4. The van der Waals surface area contributed by atoms with Gasteiger partial charge in [-0.3, -0.25) is 13.9 Å². The molecule has 1 aromatic carbocycles. The minimum absolute atomic E-state index is 0. The fourth-order valence-electron chi connectivity index (χ4n) is 3.60. The van der Waals surface area contributed by atoms with Gasteiger partial charge in [0.1, 0.15) is 18.1 Å². The molecule has 0 aliphatic carbocycles. The Bertz CT molecular complexity index is 1150. The molecule has 0 fully saturated rings. The monoisotopic (exact) mass is 437 g/mol. The lowest BCUT2D eigenvalue weighted by Crippen LogP contribution is -3.00. The maximum Gasteiger partial charge on any atom is 0.332 e. The third kappa shape index (κ3) is 4.28. The van der Waals surface area contributed by atoms with Crippen molar-refractivity contribution in [2.45, 2.75) is 25.5 Å². The van der Waals surface area contributed by atoms with Gasteiger partial charge in [-0.2, -0.15) is 0 Å². The zero-order valence-corrected chi connectivity index (χ0v) is 18.6. The number of para-hydroxylation sites is 1. The Morgan fingerprint density at radius 2 is 1.80 bits per heavy atom. The number of aryl methyl sites for hydroxylation is 2. The number of imidazole rings is 1. The lowest BCUT2D eigenvalue weighted by atomic mass is 10.1. The molecule has 0 radical (unpaired) electrons. The van der Waals surface area contributed by atoms with Gasteiger partial charge in [-0.15, -0.1) is 0 Å². The summed E-state index contributed by atoms with van der Waals surface area (Å²) in [6.07, 6.45) is -0.0961. The number of fused-ring (bicyclic) bond motifs is 1. The Morgan fingerprint density at radius 1 is 1.13 bits per heavy atom. The van der Waals surface area contributed by atoms with E-state index in [1.54, 1.807) is 25.8 Å². The Morgan fingerprint density at radius 3 is 2.47 bits per heavy atom. The van der Waals surface area contributed by atoms with Crippen LogP contribution in [-0.2, 0) is 27.6 Å². The van der Waals surface area contributed by atoms with Gasteiger partial charge >= 0.3 is 5.69 Å². The summed E-state index contributed by atoms with van der Waals surface area (Å²) in [6.45, 7) is 2.45. The normalized spacial score (nSPS) is 13.1. The summed E-state index contributed by atoms with van der Waals surface area (Å²) in [4.78, 5) is 29.0. The number of hydrogen-bond donors (Lipinski definition) is 2. The fourth-order valence-corrected chi connectivity index (χ4v) is 3.60. The molecule has 0 saturated heterocycles. The summed E-state index contributed by atoms with van der Waals surface area (Å²) in [6, 6.07) is 8.07. The minimum Gasteiger partial charge on any atom is -1.00 e. The van der Waals surface area contributed by atoms with Crippen molar-refractivity contribution < 1.29 is 27.6 Å². The fraction of sp³-hybridized carbons (Fsp3) is 0.450. The SMILES string of the molecule is COc1ccccc1CC(C)[NH2+]CC(O)c1nc2c(c(=O)n(C)c(=O)n2C)n1C.[Cl-]. The van der Waals surface area contributed by atoms with Gasteiger partial charge in [0.15, 0.2) is 17.3 Å². The predicted molar refractivity (Wildman–Crippen MR) is 109 cm³/mol. The molecular formula is C20H28ClN5O4. The third-order valence-corrected chi connectivity index (χ3v) is 5.30. The van der Waals surface area contributed by atoms with E-state index in [1.165, 1.54) is 11.6 Å². The zero-order valence-electron chi connectivity index (χ0n) is 17.8. The van der Waals surface area contributed by atoms with Gasteiger partial charge < -0.3 is 32.1 Å². The van der Waals surface area contributed by atoms with E-state index in [2.05, 4.69) is 11.9 Å². The second-order valence-corrected chi connectivity index (χ2v) is 7.39. The van der Waals surface area contributed by atoms with Crippen molar-refractivity contribution in [3.63, 3.8) is 0 Å². The van der Waals surface area contributed by atoms with Gasteiger partial charge in [-0.05, 0) is 18.6 Å². The number of halogens is 1. The van der Waals surface area contributed by atoms with Crippen molar-refractivity contribution in [1.29, 1.82) is 0 Å². The lowest BCUT2D eigenvalue weighted by molar-refractivity contribution is -0.692. The molecule has 164 valence electrons. The number of aliphatic hydroxyl groups is 1. The molecule has 10 heteroatoms. The maximum absolute atomic E-state index is 12.5. The number of nitrogens with two attached hydrogens (primary N) is 1. The molecule has 30 heavy (non-hydrogen) atoms. The largest absolute Gasteiger partial charge is 1.00 e. The van der Waals surface area contributed by atoms with Crippen molar-refractivity contribution in [1.82, 2.24) is 18.7 Å². The summed E-state index contributed by atoms with van der Waals surface area (Å²) in [5, 5.41) is 12.7. The van der Waals surface area contributed by atoms with E-state index < -0.39 is 17.4 Å². The Kier molecular flexibility index (Phi) is 7.46. The highest BCUT2D eigenvalue weighted by Crippen LogP contribution is 2.18. The number of ether oxygens (including phenoxy) is 1. The molecule has 0 aliphatic rings. The molecule has 2 heterocycles. The van der Waals surface area contributed by atoms with Crippen molar-refractivity contribution in [3.05, 3.63) is 56.5 Å². The number of hydrogen-bond acceptors (Lipinski definition) is 5. The zero-order chi connectivity index (χ0) is 21.3. The van der Waals surface area contributed by atoms with E-state index in [0.29, 0.717) is 17.9 Å². The van der Waals surface area contributed by atoms with Gasteiger partial charge in [-0.1, -0.05) is 18.2 Å². The minimum atomic E-state index is -0.882. The Balaban J connectivity index is 0.00000320. The number of rotatable bonds is 7. The standard InChI is InChI=1S/C20H27N5O4.ClH/c1-12(10-13-8-6-7-9-15(13)29-5)21-11-14(26)17-22-18-16(23(17)2)19(27)25(4)20(28)24(18)3;/h6-9,12,14,21,26H,10-11H2,1-5H3;1H. The van der Waals surface area contributed by atoms with Crippen molar-refractivity contribution in [2.75, 3.05) is 13.7 Å². The molecular weight excluding hydrogens is 410 g/mol. The smallest absolute Gasteiger partial charge is 0.332 e. The highest BCUT2D eigenvalue weighted by Gasteiger charge is 2.23. The van der Waals surface area contributed by atoms with Crippen LogP contribution in [0.3, 0.4) is 0 Å². The van der Waals surface area contributed by atoms with Crippen LogP contribution in [0.2, 0.25) is 0 Å². The summed E-state index contributed by atoms with van der Waals surface area (Å²) < 4.78 is 9.33. The van der Waals surface area contributed by atoms with Crippen LogP contribution < -0.4 is 33.7 Å².